The maximum absolute atomic E-state index is 11.3. The Morgan fingerprint density at radius 3 is 2.80 bits per heavy atom. The number of carbonyl (C=O) groups is 1. The van der Waals surface area contributed by atoms with Crippen LogP contribution in [0.25, 0.3) is 0 Å². The average molecular weight is 208 g/mol. The van der Waals surface area contributed by atoms with Crippen molar-refractivity contribution in [2.24, 2.45) is 0 Å². The highest BCUT2D eigenvalue weighted by Crippen LogP contribution is 2.13. The van der Waals surface area contributed by atoms with Crippen molar-refractivity contribution < 1.29 is 9.53 Å². The number of ether oxygens (including phenoxy) is 1. The Morgan fingerprint density at radius 2 is 2.13 bits per heavy atom. The van der Waals surface area contributed by atoms with Gasteiger partial charge in [-0.25, -0.2) is 0 Å². The third-order valence-corrected chi connectivity index (χ3v) is 1.87. The highest BCUT2D eigenvalue weighted by atomic mass is 16.5. The fourth-order valence-electron chi connectivity index (χ4n) is 1.14. The normalized spacial score (nSPS) is 9.73. The van der Waals surface area contributed by atoms with E-state index in [0.717, 1.165) is 11.4 Å². The summed E-state index contributed by atoms with van der Waals surface area (Å²) in [6, 6.07) is 7.51. The molecule has 0 saturated carbocycles. The summed E-state index contributed by atoms with van der Waals surface area (Å²) in [4.78, 5) is 11.3. The van der Waals surface area contributed by atoms with Crippen molar-refractivity contribution in [3.05, 3.63) is 24.3 Å². The molecule has 1 rings (SSSR count). The van der Waals surface area contributed by atoms with Gasteiger partial charge in [0.2, 0.25) is 5.91 Å². The highest BCUT2D eigenvalue weighted by Gasteiger charge is 2.01. The van der Waals surface area contributed by atoms with E-state index in [1.165, 1.54) is 0 Å². The lowest BCUT2D eigenvalue weighted by atomic mass is 10.3. The molecule has 0 saturated heterocycles. The third-order valence-electron chi connectivity index (χ3n) is 1.87. The molecule has 0 aliphatic carbocycles. The van der Waals surface area contributed by atoms with Gasteiger partial charge in [-0.05, 0) is 25.1 Å². The summed E-state index contributed by atoms with van der Waals surface area (Å²) in [5.41, 5.74) is 1.73. The summed E-state index contributed by atoms with van der Waals surface area (Å²) < 4.78 is 5.00. The Kier molecular flexibility index (Phi) is 4.63. The topological polar surface area (TPSA) is 50.4 Å². The van der Waals surface area contributed by atoms with Gasteiger partial charge in [-0.2, -0.15) is 0 Å². The molecule has 0 heterocycles. The molecule has 1 aromatic rings. The first-order valence-electron chi connectivity index (χ1n) is 4.91. The van der Waals surface area contributed by atoms with E-state index in [9.17, 15) is 4.79 Å². The van der Waals surface area contributed by atoms with E-state index in [2.05, 4.69) is 10.6 Å². The van der Waals surface area contributed by atoms with Crippen LogP contribution in [0.15, 0.2) is 24.3 Å². The molecule has 82 valence electrons. The van der Waals surface area contributed by atoms with E-state index in [4.69, 9.17) is 4.74 Å². The van der Waals surface area contributed by atoms with E-state index >= 15 is 0 Å². The summed E-state index contributed by atoms with van der Waals surface area (Å²) in [5, 5.41) is 5.75. The number of carbonyl (C=O) groups excluding carboxylic acids is 1. The minimum atomic E-state index is -0.134. The zero-order valence-corrected chi connectivity index (χ0v) is 9.04. The molecule has 0 atom stereocenters. The van der Waals surface area contributed by atoms with Crippen LogP contribution in [-0.2, 0) is 9.53 Å². The fraction of sp³-hybridized carbons (Fsp3) is 0.364. The first kappa shape index (κ1) is 11.5. The van der Waals surface area contributed by atoms with Crippen molar-refractivity contribution >= 4 is 17.3 Å². The molecule has 1 aromatic carbocycles. The highest BCUT2D eigenvalue weighted by molar-refractivity contribution is 5.92. The van der Waals surface area contributed by atoms with Gasteiger partial charge >= 0.3 is 0 Å². The minimum Gasteiger partial charge on any atom is -0.388 e. The predicted octanol–water partition coefficient (Wildman–Crippen LogP) is 1.70. The lowest BCUT2D eigenvalue weighted by Crippen LogP contribution is -2.18. The molecule has 4 heteroatoms. The van der Waals surface area contributed by atoms with E-state index in [1.807, 2.05) is 38.2 Å². The van der Waals surface area contributed by atoms with Gasteiger partial charge in [-0.1, -0.05) is 6.07 Å². The van der Waals surface area contributed by atoms with Crippen molar-refractivity contribution in [2.75, 3.05) is 30.9 Å². The van der Waals surface area contributed by atoms with Gasteiger partial charge in [0, 0.05) is 25.0 Å². The van der Waals surface area contributed by atoms with E-state index < -0.39 is 0 Å². The molecule has 4 nitrogen and oxygen atoms in total. The van der Waals surface area contributed by atoms with Crippen LogP contribution in [0.5, 0.6) is 0 Å². The third kappa shape index (κ3) is 3.99. The van der Waals surface area contributed by atoms with Crippen molar-refractivity contribution in [3.63, 3.8) is 0 Å². The predicted molar refractivity (Wildman–Crippen MR) is 61.1 cm³/mol. The number of rotatable bonds is 5. The number of amides is 1. The smallest absolute Gasteiger partial charge is 0.250 e. The maximum Gasteiger partial charge on any atom is 0.250 e. The number of hydrogen-bond acceptors (Lipinski definition) is 3. The second-order valence-electron chi connectivity index (χ2n) is 3.02. The van der Waals surface area contributed by atoms with Crippen LogP contribution in [0, 0.1) is 0 Å². The van der Waals surface area contributed by atoms with Gasteiger partial charge in [0.15, 0.2) is 0 Å². The molecule has 0 aliphatic heterocycles. The van der Waals surface area contributed by atoms with E-state index in [1.54, 1.807) is 0 Å². The molecule has 0 fully saturated rings. The molecular formula is C11H16N2O2. The first-order valence-corrected chi connectivity index (χ1v) is 4.91. The zero-order chi connectivity index (χ0) is 11.1. The molecular weight excluding hydrogens is 192 g/mol. The zero-order valence-electron chi connectivity index (χ0n) is 9.04. The first-order chi connectivity index (χ1) is 7.26. The monoisotopic (exact) mass is 208 g/mol. The SMILES string of the molecule is CCOCC(=O)Nc1cccc(NC)c1. The quantitative estimate of drug-likeness (QED) is 0.774. The largest absolute Gasteiger partial charge is 0.388 e. The van der Waals surface area contributed by atoms with Crippen LogP contribution in [0.4, 0.5) is 11.4 Å². The lowest BCUT2D eigenvalue weighted by molar-refractivity contribution is -0.120. The molecule has 0 radical (unpaired) electrons. The summed E-state index contributed by atoms with van der Waals surface area (Å²) in [5.74, 6) is -0.134. The summed E-state index contributed by atoms with van der Waals surface area (Å²) >= 11 is 0. The molecule has 2 N–H and O–H groups in total. The summed E-state index contributed by atoms with van der Waals surface area (Å²) in [7, 11) is 1.83. The Bertz CT molecular complexity index is 326. The van der Waals surface area contributed by atoms with Gasteiger partial charge in [-0.3, -0.25) is 4.79 Å². The van der Waals surface area contributed by atoms with Gasteiger partial charge in [0.1, 0.15) is 6.61 Å². The Labute approximate surface area is 89.6 Å². The van der Waals surface area contributed by atoms with Crippen LogP contribution >= 0.6 is 0 Å². The number of anilines is 2. The second-order valence-corrected chi connectivity index (χ2v) is 3.02. The van der Waals surface area contributed by atoms with Crippen molar-refractivity contribution in [3.8, 4) is 0 Å². The Hall–Kier alpha value is -1.55. The molecule has 0 spiro atoms. The van der Waals surface area contributed by atoms with E-state index in [-0.39, 0.29) is 12.5 Å². The average Bonchev–Trinajstić information content (AvgIpc) is 2.26. The van der Waals surface area contributed by atoms with Gasteiger partial charge in [0.05, 0.1) is 0 Å². The van der Waals surface area contributed by atoms with Crippen LogP contribution < -0.4 is 10.6 Å². The molecule has 0 aliphatic rings. The molecule has 1 amide bonds. The van der Waals surface area contributed by atoms with Crippen LogP contribution in [0.1, 0.15) is 6.92 Å². The number of nitrogens with one attached hydrogen (secondary N) is 2. The van der Waals surface area contributed by atoms with Crippen molar-refractivity contribution in [2.45, 2.75) is 6.92 Å². The Balaban J connectivity index is 2.52. The molecule has 0 aromatic heterocycles. The summed E-state index contributed by atoms with van der Waals surface area (Å²) in [6.07, 6.45) is 0. The van der Waals surface area contributed by atoms with Gasteiger partial charge < -0.3 is 15.4 Å². The van der Waals surface area contributed by atoms with E-state index in [0.29, 0.717) is 6.61 Å². The molecule has 0 unspecified atom stereocenters. The van der Waals surface area contributed by atoms with Gasteiger partial charge in [-0.15, -0.1) is 0 Å². The standard InChI is InChI=1S/C11H16N2O2/c1-3-15-8-11(14)13-10-6-4-5-9(7-10)12-2/h4-7,12H,3,8H2,1-2H3,(H,13,14). The summed E-state index contributed by atoms with van der Waals surface area (Å²) in [6.45, 7) is 2.50. The number of benzene rings is 1. The minimum absolute atomic E-state index is 0.0975. The lowest BCUT2D eigenvalue weighted by Gasteiger charge is -2.06. The fourth-order valence-corrected chi connectivity index (χ4v) is 1.14. The Morgan fingerprint density at radius 1 is 1.40 bits per heavy atom. The second kappa shape index (κ2) is 6.03. The number of hydrogen-bond donors (Lipinski definition) is 2. The molecule has 15 heavy (non-hydrogen) atoms. The van der Waals surface area contributed by atoms with Crippen molar-refractivity contribution in [1.29, 1.82) is 0 Å². The molecule has 0 bridgehead atoms. The van der Waals surface area contributed by atoms with Crippen LogP contribution in [0.3, 0.4) is 0 Å². The van der Waals surface area contributed by atoms with Gasteiger partial charge in [0.25, 0.3) is 0 Å². The van der Waals surface area contributed by atoms with Crippen LogP contribution in [0.2, 0.25) is 0 Å². The van der Waals surface area contributed by atoms with Crippen molar-refractivity contribution in [1.82, 2.24) is 0 Å². The van der Waals surface area contributed by atoms with Crippen LogP contribution in [-0.4, -0.2) is 26.2 Å². The maximum atomic E-state index is 11.3.